The summed E-state index contributed by atoms with van der Waals surface area (Å²) < 4.78 is 46.3. The van der Waals surface area contributed by atoms with Crippen LogP contribution in [0, 0.1) is 0 Å². The highest BCUT2D eigenvalue weighted by Gasteiger charge is 2.39. The van der Waals surface area contributed by atoms with Crippen molar-refractivity contribution >= 4 is 18.3 Å². The van der Waals surface area contributed by atoms with Crippen LogP contribution < -0.4 is 15.4 Å². The maximum Gasteiger partial charge on any atom is 0.422 e. The average Bonchev–Trinajstić information content (AvgIpc) is 2.58. The third-order valence-corrected chi connectivity index (χ3v) is 3.99. The molecule has 1 saturated heterocycles. The largest absolute Gasteiger partial charge is 0.484 e. The summed E-state index contributed by atoms with van der Waals surface area (Å²) in [6.45, 7) is 0.378. The molecule has 0 unspecified atom stereocenters. The van der Waals surface area contributed by atoms with Gasteiger partial charge in [-0.05, 0) is 43.6 Å². The SMILES string of the molecule is COC1(C(=O)NCc2ccc(OCC(F)(F)F)cc2)CCNCC1.Cl. The van der Waals surface area contributed by atoms with Gasteiger partial charge in [-0.2, -0.15) is 13.2 Å². The Bertz CT molecular complexity index is 547. The predicted octanol–water partition coefficient (Wildman–Crippen LogP) is 2.43. The maximum atomic E-state index is 12.4. The van der Waals surface area contributed by atoms with Crippen LogP contribution in [-0.2, 0) is 16.1 Å². The number of methoxy groups -OCH3 is 1. The molecule has 1 amide bonds. The Morgan fingerprint density at radius 1 is 1.24 bits per heavy atom. The van der Waals surface area contributed by atoms with Gasteiger partial charge in [-0.15, -0.1) is 12.4 Å². The predicted molar refractivity (Wildman–Crippen MR) is 88.9 cm³/mol. The average molecular weight is 383 g/mol. The molecule has 0 radical (unpaired) electrons. The second-order valence-electron chi connectivity index (χ2n) is 5.68. The van der Waals surface area contributed by atoms with Gasteiger partial charge in [0.2, 0.25) is 0 Å². The summed E-state index contributed by atoms with van der Waals surface area (Å²) in [6.07, 6.45) is -3.17. The van der Waals surface area contributed by atoms with Crippen molar-refractivity contribution in [2.75, 3.05) is 26.8 Å². The third kappa shape index (κ3) is 6.37. The van der Waals surface area contributed by atoms with Crippen molar-refractivity contribution in [3.8, 4) is 5.75 Å². The van der Waals surface area contributed by atoms with Gasteiger partial charge in [-0.3, -0.25) is 4.79 Å². The summed E-state index contributed by atoms with van der Waals surface area (Å²) in [4.78, 5) is 12.4. The summed E-state index contributed by atoms with van der Waals surface area (Å²) in [6, 6.07) is 6.13. The van der Waals surface area contributed by atoms with Gasteiger partial charge in [-0.25, -0.2) is 0 Å². The molecule has 2 rings (SSSR count). The standard InChI is InChI=1S/C16H21F3N2O3.ClH/c1-23-15(6-8-20-9-7-15)14(22)21-10-12-2-4-13(5-3-12)24-11-16(17,18)19;/h2-5,20H,6-11H2,1H3,(H,21,22);1H. The number of hydrogen-bond donors (Lipinski definition) is 2. The summed E-state index contributed by atoms with van der Waals surface area (Å²) in [5.41, 5.74) is -0.0519. The van der Waals surface area contributed by atoms with Gasteiger partial charge in [0, 0.05) is 13.7 Å². The first kappa shape index (κ1) is 21.5. The van der Waals surface area contributed by atoms with E-state index >= 15 is 0 Å². The van der Waals surface area contributed by atoms with Crippen LogP contribution >= 0.6 is 12.4 Å². The molecule has 142 valence electrons. The van der Waals surface area contributed by atoms with E-state index in [1.807, 2.05) is 0 Å². The second kappa shape index (κ2) is 9.26. The van der Waals surface area contributed by atoms with Gasteiger partial charge < -0.3 is 20.1 Å². The van der Waals surface area contributed by atoms with Crippen molar-refractivity contribution in [1.29, 1.82) is 0 Å². The number of carbonyl (C=O) groups excluding carboxylic acids is 1. The minimum Gasteiger partial charge on any atom is -0.484 e. The smallest absolute Gasteiger partial charge is 0.422 e. The fourth-order valence-corrected chi connectivity index (χ4v) is 2.57. The molecule has 1 heterocycles. The minimum absolute atomic E-state index is 0. The number of rotatable bonds is 6. The van der Waals surface area contributed by atoms with Crippen LogP contribution in [0.4, 0.5) is 13.2 Å². The number of halogens is 4. The van der Waals surface area contributed by atoms with Crippen LogP contribution in [-0.4, -0.2) is 44.5 Å². The van der Waals surface area contributed by atoms with Gasteiger partial charge >= 0.3 is 6.18 Å². The lowest BCUT2D eigenvalue weighted by atomic mass is 9.91. The molecular weight excluding hydrogens is 361 g/mol. The highest BCUT2D eigenvalue weighted by molar-refractivity contribution is 5.85. The van der Waals surface area contributed by atoms with Gasteiger partial charge in [-0.1, -0.05) is 12.1 Å². The molecule has 1 aromatic carbocycles. The molecule has 25 heavy (non-hydrogen) atoms. The number of ether oxygens (including phenoxy) is 2. The van der Waals surface area contributed by atoms with Crippen LogP contribution in [0.2, 0.25) is 0 Å². The van der Waals surface area contributed by atoms with E-state index in [-0.39, 0.29) is 30.6 Å². The molecule has 1 fully saturated rings. The van der Waals surface area contributed by atoms with Crippen molar-refractivity contribution in [2.45, 2.75) is 31.2 Å². The van der Waals surface area contributed by atoms with E-state index in [0.717, 1.165) is 5.56 Å². The van der Waals surface area contributed by atoms with E-state index in [0.29, 0.717) is 25.9 Å². The molecular formula is C16H22ClF3N2O3. The number of nitrogens with one attached hydrogen (secondary N) is 2. The van der Waals surface area contributed by atoms with E-state index in [4.69, 9.17) is 4.74 Å². The molecule has 0 saturated carbocycles. The van der Waals surface area contributed by atoms with Gasteiger partial charge in [0.1, 0.15) is 11.4 Å². The van der Waals surface area contributed by atoms with Crippen molar-refractivity contribution in [1.82, 2.24) is 10.6 Å². The molecule has 9 heteroatoms. The number of amides is 1. The summed E-state index contributed by atoms with van der Waals surface area (Å²) in [5.74, 6) is -0.0435. The van der Waals surface area contributed by atoms with E-state index in [2.05, 4.69) is 15.4 Å². The summed E-state index contributed by atoms with van der Waals surface area (Å²) in [5, 5.41) is 6.00. The van der Waals surface area contributed by atoms with Crippen molar-refractivity contribution in [3.63, 3.8) is 0 Å². The fraction of sp³-hybridized carbons (Fsp3) is 0.562. The lowest BCUT2D eigenvalue weighted by molar-refractivity contribution is -0.153. The van der Waals surface area contributed by atoms with E-state index in [1.165, 1.54) is 19.2 Å². The van der Waals surface area contributed by atoms with E-state index in [9.17, 15) is 18.0 Å². The molecule has 1 aliphatic heterocycles. The van der Waals surface area contributed by atoms with Gasteiger partial charge in [0.05, 0.1) is 0 Å². The van der Waals surface area contributed by atoms with Crippen LogP contribution in [0.15, 0.2) is 24.3 Å². The van der Waals surface area contributed by atoms with Crippen LogP contribution in [0.1, 0.15) is 18.4 Å². The Balaban J connectivity index is 0.00000312. The Morgan fingerprint density at radius 2 is 1.84 bits per heavy atom. The molecule has 0 bridgehead atoms. The molecule has 5 nitrogen and oxygen atoms in total. The van der Waals surface area contributed by atoms with Crippen LogP contribution in [0.3, 0.4) is 0 Å². The topological polar surface area (TPSA) is 59.6 Å². The molecule has 2 N–H and O–H groups in total. The number of piperidine rings is 1. The fourth-order valence-electron chi connectivity index (χ4n) is 2.57. The zero-order valence-electron chi connectivity index (χ0n) is 13.8. The highest BCUT2D eigenvalue weighted by atomic mass is 35.5. The number of carbonyl (C=O) groups is 1. The second-order valence-corrected chi connectivity index (χ2v) is 5.68. The van der Waals surface area contributed by atoms with Crippen LogP contribution in [0.5, 0.6) is 5.75 Å². The highest BCUT2D eigenvalue weighted by Crippen LogP contribution is 2.23. The Hall–Kier alpha value is -1.51. The summed E-state index contributed by atoms with van der Waals surface area (Å²) >= 11 is 0. The molecule has 0 spiro atoms. The first-order valence-corrected chi connectivity index (χ1v) is 7.67. The molecule has 1 aliphatic rings. The Kier molecular flexibility index (Phi) is 7.98. The minimum atomic E-state index is -4.37. The monoisotopic (exact) mass is 382 g/mol. The molecule has 0 aromatic heterocycles. The number of benzene rings is 1. The molecule has 0 aliphatic carbocycles. The lowest BCUT2D eigenvalue weighted by Crippen LogP contribution is -2.53. The molecule has 1 aromatic rings. The lowest BCUT2D eigenvalue weighted by Gasteiger charge is -2.34. The zero-order valence-corrected chi connectivity index (χ0v) is 14.6. The maximum absolute atomic E-state index is 12.4. The van der Waals surface area contributed by atoms with Crippen molar-refractivity contribution in [2.24, 2.45) is 0 Å². The normalized spacial score (nSPS) is 16.6. The number of hydrogen-bond acceptors (Lipinski definition) is 4. The number of alkyl halides is 3. The Morgan fingerprint density at radius 3 is 2.36 bits per heavy atom. The Labute approximate surface area is 150 Å². The first-order valence-electron chi connectivity index (χ1n) is 7.67. The van der Waals surface area contributed by atoms with Gasteiger partial charge in [0.15, 0.2) is 6.61 Å². The van der Waals surface area contributed by atoms with Gasteiger partial charge in [0.25, 0.3) is 5.91 Å². The van der Waals surface area contributed by atoms with E-state index < -0.39 is 18.4 Å². The summed E-state index contributed by atoms with van der Waals surface area (Å²) in [7, 11) is 1.53. The first-order chi connectivity index (χ1) is 11.3. The molecule has 0 atom stereocenters. The van der Waals surface area contributed by atoms with Crippen LogP contribution in [0.25, 0.3) is 0 Å². The van der Waals surface area contributed by atoms with Crippen molar-refractivity contribution < 1.29 is 27.4 Å². The van der Waals surface area contributed by atoms with E-state index in [1.54, 1.807) is 12.1 Å². The third-order valence-electron chi connectivity index (χ3n) is 3.99. The zero-order chi connectivity index (χ0) is 17.6. The quantitative estimate of drug-likeness (QED) is 0.793. The van der Waals surface area contributed by atoms with Crippen molar-refractivity contribution in [3.05, 3.63) is 29.8 Å².